The van der Waals surface area contributed by atoms with Crippen molar-refractivity contribution in [1.82, 2.24) is 0 Å². The summed E-state index contributed by atoms with van der Waals surface area (Å²) in [5.41, 5.74) is -1.90. The highest BCUT2D eigenvalue weighted by Gasteiger charge is 2.34. The number of rotatable bonds is 4. The van der Waals surface area contributed by atoms with Crippen LogP contribution in [0.3, 0.4) is 0 Å². The van der Waals surface area contributed by atoms with Gasteiger partial charge in [-0.2, -0.15) is 0 Å². The Hall–Kier alpha value is -0.600. The van der Waals surface area contributed by atoms with Crippen LogP contribution in [0, 0.1) is 11.3 Å². The van der Waals surface area contributed by atoms with Crippen molar-refractivity contribution in [2.75, 3.05) is 0 Å². The molecule has 0 fully saturated rings. The molecule has 0 saturated heterocycles. The average Bonchev–Trinajstić information content (AvgIpc) is 1.99. The van der Waals surface area contributed by atoms with Gasteiger partial charge in [0.05, 0.1) is 11.2 Å². The minimum Gasteiger partial charge on any atom is -0.390 e. The largest absolute Gasteiger partial charge is 0.390 e. The lowest BCUT2D eigenvalue weighted by Gasteiger charge is -2.38. The molecule has 0 aliphatic carbocycles. The van der Waals surface area contributed by atoms with E-state index in [-0.39, 0.29) is 11.3 Å². The predicted molar refractivity (Wildman–Crippen MR) is 69.2 cm³/mol. The molecule has 2 nitrogen and oxygen atoms in total. The van der Waals surface area contributed by atoms with Gasteiger partial charge in [0.25, 0.3) is 0 Å². The van der Waals surface area contributed by atoms with Gasteiger partial charge in [-0.3, -0.25) is 0 Å². The van der Waals surface area contributed by atoms with E-state index < -0.39 is 11.2 Å². The highest BCUT2D eigenvalue weighted by molar-refractivity contribution is 5.12. The van der Waals surface area contributed by atoms with E-state index >= 15 is 0 Å². The zero-order valence-corrected chi connectivity index (χ0v) is 11.4. The van der Waals surface area contributed by atoms with Crippen LogP contribution in [0.5, 0.6) is 0 Å². The number of hydrogen-bond donors (Lipinski definition) is 2. The molecule has 0 heterocycles. The third kappa shape index (κ3) is 4.95. The predicted octanol–water partition coefficient (Wildman–Crippen LogP) is 2.91. The van der Waals surface area contributed by atoms with E-state index in [2.05, 4.69) is 27.4 Å². The van der Waals surface area contributed by atoms with Crippen molar-refractivity contribution >= 4 is 0 Å². The van der Waals surface area contributed by atoms with E-state index in [1.54, 1.807) is 26.8 Å². The maximum atomic E-state index is 10.1. The summed E-state index contributed by atoms with van der Waals surface area (Å²) in [7, 11) is 0. The zero-order chi connectivity index (χ0) is 13.2. The monoisotopic (exact) mass is 226 g/mol. The zero-order valence-electron chi connectivity index (χ0n) is 11.4. The Morgan fingerprint density at radius 2 is 1.44 bits per heavy atom. The van der Waals surface area contributed by atoms with E-state index in [1.807, 2.05) is 6.08 Å². The van der Waals surface area contributed by atoms with E-state index in [0.717, 1.165) is 0 Å². The summed E-state index contributed by atoms with van der Waals surface area (Å²) in [6, 6.07) is 0. The van der Waals surface area contributed by atoms with E-state index in [4.69, 9.17) is 0 Å². The standard InChI is InChI=1S/C14H26O2/c1-8-14(7,16)10-9-11(12(2,3)4)13(5,6)15/h8-11,15-16H,1H2,2-7H3/b10-9+. The molecular formula is C14H26O2. The second kappa shape index (κ2) is 4.72. The van der Waals surface area contributed by atoms with Crippen molar-refractivity contribution in [3.8, 4) is 0 Å². The lowest BCUT2D eigenvalue weighted by Crippen LogP contribution is -2.38. The molecule has 2 atom stereocenters. The van der Waals surface area contributed by atoms with Gasteiger partial charge in [-0.05, 0) is 26.2 Å². The maximum absolute atomic E-state index is 10.1. The maximum Gasteiger partial charge on any atom is 0.0978 e. The Kier molecular flexibility index (Phi) is 4.55. The van der Waals surface area contributed by atoms with Gasteiger partial charge in [0.1, 0.15) is 0 Å². The first-order valence-corrected chi connectivity index (χ1v) is 5.68. The molecule has 2 N–H and O–H groups in total. The minimum absolute atomic E-state index is 0.0357. The van der Waals surface area contributed by atoms with Crippen LogP contribution in [0.1, 0.15) is 41.5 Å². The van der Waals surface area contributed by atoms with E-state index in [0.29, 0.717) is 0 Å². The van der Waals surface area contributed by atoms with Crippen LogP contribution in [0.4, 0.5) is 0 Å². The van der Waals surface area contributed by atoms with Gasteiger partial charge >= 0.3 is 0 Å². The van der Waals surface area contributed by atoms with Crippen LogP contribution in [-0.4, -0.2) is 21.4 Å². The molecule has 2 unspecified atom stereocenters. The van der Waals surface area contributed by atoms with Crippen LogP contribution >= 0.6 is 0 Å². The summed E-state index contributed by atoms with van der Waals surface area (Å²) in [4.78, 5) is 0. The van der Waals surface area contributed by atoms with E-state index in [1.165, 1.54) is 6.08 Å². The first-order chi connectivity index (χ1) is 6.90. The summed E-state index contributed by atoms with van der Waals surface area (Å²) < 4.78 is 0. The molecule has 0 saturated carbocycles. The van der Waals surface area contributed by atoms with Crippen molar-refractivity contribution in [2.24, 2.45) is 11.3 Å². The van der Waals surface area contributed by atoms with Crippen LogP contribution in [0.2, 0.25) is 0 Å². The Morgan fingerprint density at radius 1 is 1.00 bits per heavy atom. The van der Waals surface area contributed by atoms with Crippen molar-refractivity contribution in [1.29, 1.82) is 0 Å². The van der Waals surface area contributed by atoms with Crippen LogP contribution in [0.15, 0.2) is 24.8 Å². The Balaban J connectivity index is 5.06. The fourth-order valence-corrected chi connectivity index (χ4v) is 1.94. The topological polar surface area (TPSA) is 40.5 Å². The first kappa shape index (κ1) is 15.4. The second-order valence-corrected chi connectivity index (χ2v) is 6.29. The lowest BCUT2D eigenvalue weighted by atomic mass is 9.71. The lowest BCUT2D eigenvalue weighted by molar-refractivity contribution is -0.00832. The number of aliphatic hydroxyl groups is 2. The van der Waals surface area contributed by atoms with Gasteiger partial charge in [-0.25, -0.2) is 0 Å². The molecule has 0 aliphatic rings. The highest BCUT2D eigenvalue weighted by Crippen LogP contribution is 2.36. The summed E-state index contributed by atoms with van der Waals surface area (Å²) in [6.45, 7) is 15.0. The molecular weight excluding hydrogens is 200 g/mol. The summed E-state index contributed by atoms with van der Waals surface area (Å²) in [5, 5.41) is 19.9. The molecule has 0 aromatic rings. The Labute approximate surface area is 99.7 Å². The van der Waals surface area contributed by atoms with Crippen LogP contribution in [-0.2, 0) is 0 Å². The SMILES string of the molecule is C=CC(C)(O)/C=C/C(C(C)(C)C)C(C)(C)O. The van der Waals surface area contributed by atoms with Gasteiger partial charge in [0.15, 0.2) is 0 Å². The molecule has 0 rings (SSSR count). The van der Waals surface area contributed by atoms with Crippen molar-refractivity contribution < 1.29 is 10.2 Å². The fourth-order valence-electron chi connectivity index (χ4n) is 1.94. The van der Waals surface area contributed by atoms with Crippen molar-refractivity contribution in [3.05, 3.63) is 24.8 Å². The van der Waals surface area contributed by atoms with Gasteiger partial charge in [-0.1, -0.05) is 45.6 Å². The fraction of sp³-hybridized carbons (Fsp3) is 0.714. The van der Waals surface area contributed by atoms with Crippen molar-refractivity contribution in [3.63, 3.8) is 0 Å². The van der Waals surface area contributed by atoms with Crippen molar-refractivity contribution in [2.45, 2.75) is 52.7 Å². The highest BCUT2D eigenvalue weighted by atomic mass is 16.3. The van der Waals surface area contributed by atoms with Crippen LogP contribution < -0.4 is 0 Å². The normalized spacial score (nSPS) is 19.5. The molecule has 0 spiro atoms. The molecule has 16 heavy (non-hydrogen) atoms. The molecule has 0 aromatic heterocycles. The van der Waals surface area contributed by atoms with Gasteiger partial charge in [0, 0.05) is 5.92 Å². The summed E-state index contributed by atoms with van der Waals surface area (Å²) in [6.07, 6.45) is 5.04. The van der Waals surface area contributed by atoms with Gasteiger partial charge < -0.3 is 10.2 Å². The Morgan fingerprint density at radius 3 is 1.69 bits per heavy atom. The van der Waals surface area contributed by atoms with Gasteiger partial charge in [-0.15, -0.1) is 0 Å². The summed E-state index contributed by atoms with van der Waals surface area (Å²) in [5.74, 6) is -0.0357. The van der Waals surface area contributed by atoms with Crippen LogP contribution in [0.25, 0.3) is 0 Å². The molecule has 0 bridgehead atoms. The molecule has 0 aromatic carbocycles. The smallest absolute Gasteiger partial charge is 0.0978 e. The molecule has 0 aliphatic heterocycles. The molecule has 2 heteroatoms. The minimum atomic E-state index is -1.02. The summed E-state index contributed by atoms with van der Waals surface area (Å²) >= 11 is 0. The quantitative estimate of drug-likeness (QED) is 0.724. The first-order valence-electron chi connectivity index (χ1n) is 5.68. The third-order valence-electron chi connectivity index (χ3n) is 2.73. The van der Waals surface area contributed by atoms with Gasteiger partial charge in [0.2, 0.25) is 0 Å². The number of hydrogen-bond acceptors (Lipinski definition) is 2. The third-order valence-corrected chi connectivity index (χ3v) is 2.73. The van der Waals surface area contributed by atoms with E-state index in [9.17, 15) is 10.2 Å². The molecule has 94 valence electrons. The second-order valence-electron chi connectivity index (χ2n) is 6.29. The Bertz CT molecular complexity index is 247. The molecule has 0 radical (unpaired) electrons. The average molecular weight is 226 g/mol. The molecule has 0 amide bonds.